The molecule has 3 nitrogen and oxygen atoms in total. The Morgan fingerprint density at radius 3 is 2.71 bits per heavy atom. The largest absolute Gasteiger partial charge is 0.341 e. The van der Waals surface area contributed by atoms with Crippen molar-refractivity contribution < 1.29 is 4.79 Å². The van der Waals surface area contributed by atoms with Crippen LogP contribution >= 0.6 is 11.6 Å². The zero-order valence-corrected chi connectivity index (χ0v) is 9.76. The standard InChI is InChI=1S/C10H19ClN2O/c1-9(8-11)10(14)13-5-3-4-12(2)6-7-13/h9H,3-8H2,1-2H3. The third-order valence-corrected chi connectivity index (χ3v) is 3.15. The van der Waals surface area contributed by atoms with Crippen molar-refractivity contribution in [3.05, 3.63) is 0 Å². The molecule has 0 N–H and O–H groups in total. The summed E-state index contributed by atoms with van der Waals surface area (Å²) in [7, 11) is 2.10. The van der Waals surface area contributed by atoms with Gasteiger partial charge in [0.15, 0.2) is 0 Å². The van der Waals surface area contributed by atoms with Crippen LogP contribution in [0.25, 0.3) is 0 Å². The topological polar surface area (TPSA) is 23.6 Å². The summed E-state index contributed by atoms with van der Waals surface area (Å²) < 4.78 is 0. The fourth-order valence-corrected chi connectivity index (χ4v) is 1.78. The van der Waals surface area contributed by atoms with Gasteiger partial charge in [0.1, 0.15) is 0 Å². The first-order valence-corrected chi connectivity index (χ1v) is 5.72. The molecular formula is C10H19ClN2O. The minimum absolute atomic E-state index is 0.0416. The molecule has 0 radical (unpaired) electrons. The Bertz CT molecular complexity index is 199. The third kappa shape index (κ3) is 3.14. The number of amides is 1. The van der Waals surface area contributed by atoms with Crippen LogP contribution in [0, 0.1) is 5.92 Å². The van der Waals surface area contributed by atoms with E-state index < -0.39 is 0 Å². The number of likely N-dealkylation sites (N-methyl/N-ethyl adjacent to an activating group) is 1. The van der Waals surface area contributed by atoms with E-state index >= 15 is 0 Å². The zero-order chi connectivity index (χ0) is 10.6. The highest BCUT2D eigenvalue weighted by molar-refractivity contribution is 6.19. The molecular weight excluding hydrogens is 200 g/mol. The van der Waals surface area contributed by atoms with Crippen LogP contribution in [-0.2, 0) is 4.79 Å². The summed E-state index contributed by atoms with van der Waals surface area (Å²) >= 11 is 5.68. The molecule has 0 aromatic rings. The van der Waals surface area contributed by atoms with Crippen molar-refractivity contribution in [2.24, 2.45) is 5.92 Å². The molecule has 82 valence electrons. The second kappa shape index (κ2) is 5.56. The summed E-state index contributed by atoms with van der Waals surface area (Å²) in [5, 5.41) is 0. The maximum absolute atomic E-state index is 11.8. The van der Waals surface area contributed by atoms with Gasteiger partial charge in [0, 0.05) is 31.4 Å². The molecule has 1 unspecified atom stereocenters. The van der Waals surface area contributed by atoms with Crippen LogP contribution in [0.3, 0.4) is 0 Å². The van der Waals surface area contributed by atoms with Crippen LogP contribution in [-0.4, -0.2) is 54.8 Å². The number of alkyl halides is 1. The normalized spacial score (nSPS) is 21.8. The Balaban J connectivity index is 2.47. The van der Waals surface area contributed by atoms with Gasteiger partial charge in [0.2, 0.25) is 5.91 Å². The van der Waals surface area contributed by atoms with E-state index in [2.05, 4.69) is 11.9 Å². The number of rotatable bonds is 2. The molecule has 1 rings (SSSR count). The molecule has 0 aromatic heterocycles. The summed E-state index contributed by atoms with van der Waals surface area (Å²) in [4.78, 5) is 16.0. The SMILES string of the molecule is CC(CCl)C(=O)N1CCCN(C)CC1. The highest BCUT2D eigenvalue weighted by Gasteiger charge is 2.21. The third-order valence-electron chi connectivity index (χ3n) is 2.68. The lowest BCUT2D eigenvalue weighted by Crippen LogP contribution is -2.38. The quantitative estimate of drug-likeness (QED) is 0.647. The lowest BCUT2D eigenvalue weighted by molar-refractivity contribution is -0.134. The van der Waals surface area contributed by atoms with Crippen LogP contribution < -0.4 is 0 Å². The molecule has 4 heteroatoms. The predicted octanol–water partition coefficient (Wildman–Crippen LogP) is 1.03. The van der Waals surface area contributed by atoms with Crippen LogP contribution in [0.4, 0.5) is 0 Å². The van der Waals surface area contributed by atoms with Crippen molar-refractivity contribution >= 4 is 17.5 Å². The Morgan fingerprint density at radius 1 is 1.36 bits per heavy atom. The molecule has 1 fully saturated rings. The number of carbonyl (C=O) groups excluding carboxylic acids is 1. The van der Waals surface area contributed by atoms with Gasteiger partial charge in [-0.1, -0.05) is 6.92 Å². The number of carbonyl (C=O) groups is 1. The fourth-order valence-electron chi connectivity index (χ4n) is 1.64. The zero-order valence-electron chi connectivity index (χ0n) is 9.00. The monoisotopic (exact) mass is 218 g/mol. The van der Waals surface area contributed by atoms with Gasteiger partial charge in [0.05, 0.1) is 0 Å². The minimum Gasteiger partial charge on any atom is -0.341 e. The van der Waals surface area contributed by atoms with Gasteiger partial charge in [-0.2, -0.15) is 0 Å². The smallest absolute Gasteiger partial charge is 0.226 e. The van der Waals surface area contributed by atoms with E-state index in [1.165, 1.54) is 0 Å². The van der Waals surface area contributed by atoms with Crippen molar-refractivity contribution in [1.29, 1.82) is 0 Å². The van der Waals surface area contributed by atoms with Gasteiger partial charge in [-0.3, -0.25) is 4.79 Å². The average Bonchev–Trinajstić information content (AvgIpc) is 2.40. The summed E-state index contributed by atoms with van der Waals surface area (Å²) in [6.45, 7) is 5.67. The number of hydrogen-bond acceptors (Lipinski definition) is 2. The maximum Gasteiger partial charge on any atom is 0.226 e. The average molecular weight is 219 g/mol. The Kier molecular flexibility index (Phi) is 4.69. The van der Waals surface area contributed by atoms with Gasteiger partial charge in [-0.05, 0) is 20.0 Å². The van der Waals surface area contributed by atoms with E-state index in [-0.39, 0.29) is 11.8 Å². The molecule has 0 spiro atoms. The van der Waals surface area contributed by atoms with Gasteiger partial charge in [-0.25, -0.2) is 0 Å². The Labute approximate surface area is 91.0 Å². The summed E-state index contributed by atoms with van der Waals surface area (Å²) in [6, 6.07) is 0. The van der Waals surface area contributed by atoms with Crippen molar-refractivity contribution in [2.45, 2.75) is 13.3 Å². The van der Waals surface area contributed by atoms with Gasteiger partial charge >= 0.3 is 0 Å². The lowest BCUT2D eigenvalue weighted by atomic mass is 10.2. The Morgan fingerprint density at radius 2 is 2.07 bits per heavy atom. The van der Waals surface area contributed by atoms with Crippen molar-refractivity contribution in [2.75, 3.05) is 39.1 Å². The van der Waals surface area contributed by atoms with E-state index in [1.807, 2.05) is 11.8 Å². The number of hydrogen-bond donors (Lipinski definition) is 0. The molecule has 1 heterocycles. The molecule has 0 saturated carbocycles. The first-order valence-electron chi connectivity index (χ1n) is 5.18. The van der Waals surface area contributed by atoms with E-state index in [9.17, 15) is 4.79 Å². The summed E-state index contributed by atoms with van der Waals surface area (Å²) in [5.74, 6) is 0.584. The second-order valence-corrected chi connectivity index (χ2v) is 4.35. The van der Waals surface area contributed by atoms with Crippen LogP contribution in [0.5, 0.6) is 0 Å². The molecule has 0 aliphatic carbocycles. The minimum atomic E-state index is -0.0416. The maximum atomic E-state index is 11.8. The molecule has 0 aromatic carbocycles. The van der Waals surface area contributed by atoms with Gasteiger partial charge in [0.25, 0.3) is 0 Å². The molecule has 1 atom stereocenters. The van der Waals surface area contributed by atoms with Crippen LogP contribution in [0.15, 0.2) is 0 Å². The molecule has 1 aliphatic rings. The van der Waals surface area contributed by atoms with E-state index in [0.29, 0.717) is 5.88 Å². The molecule has 1 aliphatic heterocycles. The fraction of sp³-hybridized carbons (Fsp3) is 0.900. The van der Waals surface area contributed by atoms with Crippen molar-refractivity contribution in [3.63, 3.8) is 0 Å². The van der Waals surface area contributed by atoms with Crippen LogP contribution in [0.2, 0.25) is 0 Å². The highest BCUT2D eigenvalue weighted by atomic mass is 35.5. The summed E-state index contributed by atoms with van der Waals surface area (Å²) in [5.41, 5.74) is 0. The van der Waals surface area contributed by atoms with Gasteiger partial charge < -0.3 is 9.80 Å². The van der Waals surface area contributed by atoms with E-state index in [0.717, 1.165) is 32.6 Å². The van der Waals surface area contributed by atoms with E-state index in [4.69, 9.17) is 11.6 Å². The predicted molar refractivity (Wildman–Crippen MR) is 58.6 cm³/mol. The molecule has 1 saturated heterocycles. The first kappa shape index (κ1) is 11.8. The number of halogens is 1. The first-order chi connectivity index (χ1) is 6.65. The molecule has 14 heavy (non-hydrogen) atoms. The Hall–Kier alpha value is -0.280. The van der Waals surface area contributed by atoms with Crippen molar-refractivity contribution in [3.8, 4) is 0 Å². The number of nitrogens with zero attached hydrogens (tertiary/aromatic N) is 2. The molecule has 0 bridgehead atoms. The van der Waals surface area contributed by atoms with Crippen LogP contribution in [0.1, 0.15) is 13.3 Å². The highest BCUT2D eigenvalue weighted by Crippen LogP contribution is 2.08. The van der Waals surface area contributed by atoms with Crippen molar-refractivity contribution in [1.82, 2.24) is 9.80 Å². The lowest BCUT2D eigenvalue weighted by Gasteiger charge is -2.23. The second-order valence-electron chi connectivity index (χ2n) is 4.04. The van der Waals surface area contributed by atoms with Gasteiger partial charge in [-0.15, -0.1) is 11.6 Å². The van der Waals surface area contributed by atoms with E-state index in [1.54, 1.807) is 0 Å². The summed E-state index contributed by atoms with van der Waals surface area (Å²) in [6.07, 6.45) is 1.07. The molecule has 1 amide bonds.